The van der Waals surface area contributed by atoms with Crippen molar-refractivity contribution in [3.63, 3.8) is 0 Å². The molecule has 10 heteroatoms. The molecule has 0 unspecified atom stereocenters. The predicted molar refractivity (Wildman–Crippen MR) is 130 cm³/mol. The number of hydrazone groups is 1. The number of anilines is 1. The van der Waals surface area contributed by atoms with Gasteiger partial charge in [-0.3, -0.25) is 14.4 Å². The highest BCUT2D eigenvalue weighted by Crippen LogP contribution is 2.27. The number of ether oxygens (including phenoxy) is 2. The first-order valence-corrected chi connectivity index (χ1v) is 10.6. The average molecular weight is 479 g/mol. The maximum Gasteiger partial charge on any atom is 0.313 e. The van der Waals surface area contributed by atoms with E-state index in [1.807, 2.05) is 19.9 Å². The Balaban J connectivity index is 1.49. The van der Waals surface area contributed by atoms with Crippen molar-refractivity contribution in [2.24, 2.45) is 5.10 Å². The SMILES string of the molecule is COc1ccc(C(=O)N/N=C\c2ccc(CNC(=O)C(=O)Nc3ccc(C)c(C)c3)o2)cc1OC. The molecule has 0 aliphatic carbocycles. The fraction of sp³-hybridized carbons (Fsp3) is 0.200. The Morgan fingerprint density at radius 3 is 2.40 bits per heavy atom. The molecule has 10 nitrogen and oxygen atoms in total. The summed E-state index contributed by atoms with van der Waals surface area (Å²) in [7, 11) is 2.98. The van der Waals surface area contributed by atoms with Crippen LogP contribution in [0.1, 0.15) is 33.0 Å². The first-order valence-electron chi connectivity index (χ1n) is 10.6. The molecule has 3 N–H and O–H groups in total. The Labute approximate surface area is 202 Å². The van der Waals surface area contributed by atoms with E-state index in [9.17, 15) is 14.4 Å². The quantitative estimate of drug-likeness (QED) is 0.259. The third kappa shape index (κ3) is 6.70. The van der Waals surface area contributed by atoms with E-state index >= 15 is 0 Å². The molecule has 0 saturated carbocycles. The molecule has 35 heavy (non-hydrogen) atoms. The Morgan fingerprint density at radius 2 is 1.69 bits per heavy atom. The van der Waals surface area contributed by atoms with Crippen LogP contribution >= 0.6 is 0 Å². The molecule has 0 spiro atoms. The van der Waals surface area contributed by atoms with Crippen LogP contribution < -0.4 is 25.5 Å². The van der Waals surface area contributed by atoms with Crippen molar-refractivity contribution in [3.05, 3.63) is 76.7 Å². The topological polar surface area (TPSA) is 131 Å². The molecule has 182 valence electrons. The minimum Gasteiger partial charge on any atom is -0.493 e. The van der Waals surface area contributed by atoms with Gasteiger partial charge in [-0.15, -0.1) is 0 Å². The van der Waals surface area contributed by atoms with Gasteiger partial charge in [-0.1, -0.05) is 6.07 Å². The highest BCUT2D eigenvalue weighted by atomic mass is 16.5. The molecular formula is C25H26N4O6. The minimum absolute atomic E-state index is 0.00498. The van der Waals surface area contributed by atoms with Gasteiger partial charge in [-0.25, -0.2) is 5.43 Å². The van der Waals surface area contributed by atoms with Crippen LogP contribution in [0.5, 0.6) is 11.5 Å². The summed E-state index contributed by atoms with van der Waals surface area (Å²) in [6, 6.07) is 13.4. The Morgan fingerprint density at radius 1 is 0.914 bits per heavy atom. The van der Waals surface area contributed by atoms with Gasteiger partial charge < -0.3 is 24.5 Å². The molecule has 0 saturated heterocycles. The number of hydrogen-bond acceptors (Lipinski definition) is 7. The van der Waals surface area contributed by atoms with E-state index in [1.165, 1.54) is 26.5 Å². The van der Waals surface area contributed by atoms with Crippen LogP contribution in [0.15, 0.2) is 58.0 Å². The average Bonchev–Trinajstić information content (AvgIpc) is 3.31. The van der Waals surface area contributed by atoms with E-state index in [-0.39, 0.29) is 6.54 Å². The molecule has 0 aliphatic heterocycles. The highest BCUT2D eigenvalue weighted by molar-refractivity contribution is 6.39. The monoisotopic (exact) mass is 478 g/mol. The van der Waals surface area contributed by atoms with E-state index in [4.69, 9.17) is 13.9 Å². The predicted octanol–water partition coefficient (Wildman–Crippen LogP) is 2.93. The molecule has 1 aromatic heterocycles. The first-order chi connectivity index (χ1) is 16.8. The molecule has 0 aliphatic rings. The zero-order valence-electron chi connectivity index (χ0n) is 19.8. The van der Waals surface area contributed by atoms with E-state index < -0.39 is 17.7 Å². The number of furan rings is 1. The molecule has 0 radical (unpaired) electrons. The van der Waals surface area contributed by atoms with Gasteiger partial charge in [0.1, 0.15) is 11.5 Å². The number of amides is 3. The molecule has 1 heterocycles. The number of carbonyl (C=O) groups excluding carboxylic acids is 3. The van der Waals surface area contributed by atoms with Crippen LogP contribution in [0.3, 0.4) is 0 Å². The molecule has 3 amide bonds. The Hall–Kier alpha value is -4.60. The van der Waals surface area contributed by atoms with E-state index in [1.54, 1.807) is 36.4 Å². The van der Waals surface area contributed by atoms with Crippen LogP contribution in [-0.4, -0.2) is 38.2 Å². The summed E-state index contributed by atoms with van der Waals surface area (Å²) < 4.78 is 15.9. The van der Waals surface area contributed by atoms with Crippen molar-refractivity contribution < 1.29 is 28.3 Å². The van der Waals surface area contributed by atoms with Crippen LogP contribution in [0.4, 0.5) is 5.69 Å². The summed E-state index contributed by atoms with van der Waals surface area (Å²) in [6.45, 7) is 3.89. The van der Waals surface area contributed by atoms with Gasteiger partial charge in [0.05, 0.1) is 27.0 Å². The number of aryl methyl sites for hydroxylation is 2. The largest absolute Gasteiger partial charge is 0.493 e. The molecule has 3 aromatic rings. The van der Waals surface area contributed by atoms with Crippen molar-refractivity contribution in [3.8, 4) is 11.5 Å². The van der Waals surface area contributed by atoms with Gasteiger partial charge in [-0.2, -0.15) is 5.10 Å². The number of carbonyl (C=O) groups is 3. The molecule has 0 bridgehead atoms. The lowest BCUT2D eigenvalue weighted by Gasteiger charge is -2.08. The first kappa shape index (κ1) is 25.0. The van der Waals surface area contributed by atoms with Crippen molar-refractivity contribution in [2.45, 2.75) is 20.4 Å². The fourth-order valence-electron chi connectivity index (χ4n) is 3.01. The number of benzene rings is 2. The van der Waals surface area contributed by atoms with Crippen LogP contribution in [0, 0.1) is 13.8 Å². The smallest absolute Gasteiger partial charge is 0.313 e. The summed E-state index contributed by atoms with van der Waals surface area (Å²) in [5.74, 6) is -0.339. The Bertz CT molecular complexity index is 1260. The van der Waals surface area contributed by atoms with Crippen LogP contribution in [0.2, 0.25) is 0 Å². The molecule has 0 fully saturated rings. The molecule has 0 atom stereocenters. The standard InChI is InChI=1S/C25H26N4O6/c1-15-5-7-18(11-16(15)2)28-25(32)24(31)26-13-19-8-9-20(35-19)14-27-29-23(30)17-6-10-21(33-3)22(12-17)34-4/h5-12,14H,13H2,1-4H3,(H,26,31)(H,28,32)(H,29,30)/b27-14-. The summed E-state index contributed by atoms with van der Waals surface area (Å²) in [4.78, 5) is 36.5. The summed E-state index contributed by atoms with van der Waals surface area (Å²) in [6.07, 6.45) is 1.32. The second-order valence-electron chi connectivity index (χ2n) is 7.51. The zero-order chi connectivity index (χ0) is 25.4. The third-order valence-electron chi connectivity index (χ3n) is 5.08. The minimum atomic E-state index is -0.794. The molecular weight excluding hydrogens is 452 g/mol. The Kier molecular flexibility index (Phi) is 8.23. The number of nitrogens with one attached hydrogen (secondary N) is 3. The maximum atomic E-state index is 12.3. The number of rotatable bonds is 8. The van der Waals surface area contributed by atoms with Crippen LogP contribution in [-0.2, 0) is 16.1 Å². The van der Waals surface area contributed by atoms with Crippen molar-refractivity contribution in [1.82, 2.24) is 10.7 Å². The van der Waals surface area contributed by atoms with E-state index in [2.05, 4.69) is 21.2 Å². The number of nitrogens with zero attached hydrogens (tertiary/aromatic N) is 1. The second kappa shape index (κ2) is 11.5. The normalized spacial score (nSPS) is 10.6. The third-order valence-corrected chi connectivity index (χ3v) is 5.08. The molecule has 3 rings (SSSR count). The fourth-order valence-corrected chi connectivity index (χ4v) is 3.01. The van der Waals surface area contributed by atoms with Gasteiger partial charge in [0.15, 0.2) is 11.5 Å². The van der Waals surface area contributed by atoms with Gasteiger partial charge in [0, 0.05) is 11.3 Å². The number of hydrogen-bond donors (Lipinski definition) is 3. The van der Waals surface area contributed by atoms with Crippen molar-refractivity contribution in [2.75, 3.05) is 19.5 Å². The van der Waals surface area contributed by atoms with E-state index in [0.717, 1.165) is 11.1 Å². The van der Waals surface area contributed by atoms with Crippen molar-refractivity contribution in [1.29, 1.82) is 0 Å². The van der Waals surface area contributed by atoms with Gasteiger partial charge in [0.25, 0.3) is 5.91 Å². The lowest BCUT2D eigenvalue weighted by atomic mass is 10.1. The lowest BCUT2D eigenvalue weighted by molar-refractivity contribution is -0.136. The molecule has 2 aromatic carbocycles. The highest BCUT2D eigenvalue weighted by Gasteiger charge is 2.15. The zero-order valence-corrected chi connectivity index (χ0v) is 19.8. The van der Waals surface area contributed by atoms with Gasteiger partial charge >= 0.3 is 11.8 Å². The second-order valence-corrected chi connectivity index (χ2v) is 7.51. The van der Waals surface area contributed by atoms with Gasteiger partial charge in [0.2, 0.25) is 0 Å². The summed E-state index contributed by atoms with van der Waals surface area (Å²) >= 11 is 0. The van der Waals surface area contributed by atoms with Crippen molar-refractivity contribution >= 4 is 29.6 Å². The summed E-state index contributed by atoms with van der Waals surface area (Å²) in [5.41, 5.74) is 5.36. The van der Waals surface area contributed by atoms with Gasteiger partial charge in [-0.05, 0) is 67.4 Å². The lowest BCUT2D eigenvalue weighted by Crippen LogP contribution is -2.34. The maximum absolute atomic E-state index is 12.3. The summed E-state index contributed by atoms with van der Waals surface area (Å²) in [5, 5.41) is 8.92. The number of methoxy groups -OCH3 is 2. The van der Waals surface area contributed by atoms with E-state index in [0.29, 0.717) is 34.3 Å². The van der Waals surface area contributed by atoms with Crippen LogP contribution in [0.25, 0.3) is 0 Å².